The highest BCUT2D eigenvalue weighted by Crippen LogP contribution is 2.17. The van der Waals surface area contributed by atoms with Gasteiger partial charge in [0.25, 0.3) is 0 Å². The van der Waals surface area contributed by atoms with Crippen molar-refractivity contribution in [3.63, 3.8) is 0 Å². The van der Waals surface area contributed by atoms with E-state index < -0.39 is 29.5 Å². The fourth-order valence-electron chi connectivity index (χ4n) is 1.88. The van der Waals surface area contributed by atoms with Crippen molar-refractivity contribution in [2.75, 3.05) is 6.61 Å². The molecule has 0 aliphatic rings. The summed E-state index contributed by atoms with van der Waals surface area (Å²) < 4.78 is 0. The van der Waals surface area contributed by atoms with Gasteiger partial charge >= 0.3 is 5.97 Å². The number of hydrogen-bond acceptors (Lipinski definition) is 6. The zero-order valence-electron chi connectivity index (χ0n) is 14.8. The second-order valence-electron chi connectivity index (χ2n) is 5.95. The highest BCUT2D eigenvalue weighted by Gasteiger charge is 2.18. The van der Waals surface area contributed by atoms with Crippen LogP contribution in [-0.2, 0) is 4.79 Å². The van der Waals surface area contributed by atoms with Crippen LogP contribution in [0.15, 0.2) is 60.4 Å². The molecular formula is C19H28O7. The zero-order valence-corrected chi connectivity index (χ0v) is 14.8. The molecule has 0 aromatic heterocycles. The van der Waals surface area contributed by atoms with Gasteiger partial charge in [0, 0.05) is 6.42 Å². The van der Waals surface area contributed by atoms with Gasteiger partial charge in [0.1, 0.15) is 5.76 Å². The van der Waals surface area contributed by atoms with Gasteiger partial charge < -0.3 is 30.6 Å². The molecule has 0 aliphatic carbocycles. The van der Waals surface area contributed by atoms with E-state index in [2.05, 4.69) is 0 Å². The monoisotopic (exact) mass is 368 g/mol. The van der Waals surface area contributed by atoms with Crippen LogP contribution in [0.3, 0.4) is 0 Å². The van der Waals surface area contributed by atoms with Crippen LogP contribution in [0.1, 0.15) is 26.2 Å². The van der Waals surface area contributed by atoms with Gasteiger partial charge in [-0.05, 0) is 19.8 Å². The third-order valence-corrected chi connectivity index (χ3v) is 3.24. The fourth-order valence-corrected chi connectivity index (χ4v) is 1.88. The second kappa shape index (κ2) is 13.1. The molecule has 0 aromatic rings. The predicted octanol–water partition coefficient (Wildman–Crippen LogP) is 1.37. The van der Waals surface area contributed by atoms with Gasteiger partial charge in [0.15, 0.2) is 0 Å². The lowest BCUT2D eigenvalue weighted by Crippen LogP contribution is -2.23. The number of carbonyl (C=O) groups is 1. The Balaban J connectivity index is 4.38. The number of aliphatic hydroxyl groups is 5. The lowest BCUT2D eigenvalue weighted by Gasteiger charge is -2.20. The standard InChI is InChI=1S/C19H28O7/c1-19(26,11-9-16(22)13-17(23)14-18(24)25)10-8-15(21)7-5-3-2-4-6-12-20/h2-7,9,11,14-16,20-23,26H,8,10,12-13H2,1H3,(H,24,25)/b3-2+,6-4+,7-5+,11-9+,17-14-. The van der Waals surface area contributed by atoms with E-state index >= 15 is 0 Å². The average molecular weight is 368 g/mol. The van der Waals surface area contributed by atoms with Crippen LogP contribution >= 0.6 is 0 Å². The van der Waals surface area contributed by atoms with Crippen molar-refractivity contribution in [1.82, 2.24) is 0 Å². The van der Waals surface area contributed by atoms with Crippen molar-refractivity contribution >= 4 is 5.97 Å². The molecule has 26 heavy (non-hydrogen) atoms. The van der Waals surface area contributed by atoms with E-state index in [-0.39, 0.29) is 25.9 Å². The largest absolute Gasteiger partial charge is 0.512 e. The Morgan fingerprint density at radius 1 is 1.04 bits per heavy atom. The molecule has 0 saturated carbocycles. The molecule has 0 aliphatic heterocycles. The summed E-state index contributed by atoms with van der Waals surface area (Å²) in [6, 6.07) is 0. The summed E-state index contributed by atoms with van der Waals surface area (Å²) in [5.41, 5.74) is -1.28. The Bertz CT molecular complexity index is 556. The molecule has 6 N–H and O–H groups in total. The van der Waals surface area contributed by atoms with Crippen LogP contribution in [0.25, 0.3) is 0 Å². The third kappa shape index (κ3) is 14.2. The Hall–Kier alpha value is -2.19. The molecule has 0 aromatic carbocycles. The van der Waals surface area contributed by atoms with Crippen molar-refractivity contribution in [3.8, 4) is 0 Å². The van der Waals surface area contributed by atoms with Crippen molar-refractivity contribution in [2.24, 2.45) is 0 Å². The molecule has 0 radical (unpaired) electrons. The maximum absolute atomic E-state index is 10.4. The second-order valence-corrected chi connectivity index (χ2v) is 5.95. The fraction of sp³-hybridized carbons (Fsp3) is 0.421. The van der Waals surface area contributed by atoms with E-state index in [1.807, 2.05) is 0 Å². The molecule has 0 rings (SSSR count). The van der Waals surface area contributed by atoms with E-state index in [0.717, 1.165) is 0 Å². The molecule has 0 saturated heterocycles. The Morgan fingerprint density at radius 2 is 1.69 bits per heavy atom. The first-order valence-corrected chi connectivity index (χ1v) is 8.17. The van der Waals surface area contributed by atoms with Gasteiger partial charge in [-0.25, -0.2) is 4.79 Å². The molecule has 0 bridgehead atoms. The number of hydrogen-bond donors (Lipinski definition) is 6. The third-order valence-electron chi connectivity index (χ3n) is 3.24. The van der Waals surface area contributed by atoms with Crippen molar-refractivity contribution in [1.29, 1.82) is 0 Å². The van der Waals surface area contributed by atoms with Crippen LogP contribution in [-0.4, -0.2) is 61.0 Å². The first-order valence-electron chi connectivity index (χ1n) is 8.17. The number of rotatable bonds is 12. The maximum Gasteiger partial charge on any atom is 0.331 e. The summed E-state index contributed by atoms with van der Waals surface area (Å²) in [4.78, 5) is 10.4. The van der Waals surface area contributed by atoms with Gasteiger partial charge in [-0.15, -0.1) is 0 Å². The number of carboxylic acid groups (broad SMARTS) is 1. The van der Waals surface area contributed by atoms with Gasteiger partial charge in [-0.2, -0.15) is 0 Å². The van der Waals surface area contributed by atoms with Crippen LogP contribution in [0.5, 0.6) is 0 Å². The topological polar surface area (TPSA) is 138 Å². The first kappa shape index (κ1) is 23.8. The van der Waals surface area contributed by atoms with Crippen molar-refractivity contribution in [3.05, 3.63) is 60.4 Å². The van der Waals surface area contributed by atoms with Gasteiger partial charge in [-0.3, -0.25) is 0 Å². The minimum absolute atomic E-state index is 0.0383. The van der Waals surface area contributed by atoms with E-state index in [1.165, 1.54) is 19.1 Å². The molecule has 3 unspecified atom stereocenters. The summed E-state index contributed by atoms with van der Waals surface area (Å²) in [5, 5.41) is 56.1. The Morgan fingerprint density at radius 3 is 2.31 bits per heavy atom. The lowest BCUT2D eigenvalue weighted by molar-refractivity contribution is -0.131. The Labute approximate surface area is 153 Å². The summed E-state index contributed by atoms with van der Waals surface area (Å²) >= 11 is 0. The molecule has 146 valence electrons. The summed E-state index contributed by atoms with van der Waals surface area (Å²) in [6.07, 6.45) is 11.4. The lowest BCUT2D eigenvalue weighted by atomic mass is 9.96. The molecule has 3 atom stereocenters. The molecule has 0 spiro atoms. The minimum atomic E-state index is -1.31. The highest BCUT2D eigenvalue weighted by molar-refractivity contribution is 5.80. The number of aliphatic hydroxyl groups excluding tert-OH is 4. The van der Waals surface area contributed by atoms with E-state index in [9.17, 15) is 25.2 Å². The molecular weight excluding hydrogens is 340 g/mol. The SMILES string of the molecule is CC(O)(/C=C/C(O)C/C(O)=C/C(=O)O)CCC(O)/C=C/C=C/C=C/CO. The predicted molar refractivity (Wildman–Crippen MR) is 98.5 cm³/mol. The molecule has 7 heteroatoms. The van der Waals surface area contributed by atoms with Gasteiger partial charge in [-0.1, -0.05) is 48.6 Å². The first-order chi connectivity index (χ1) is 12.2. The van der Waals surface area contributed by atoms with Gasteiger partial charge in [0.2, 0.25) is 0 Å². The normalized spacial score (nSPS) is 18.1. The zero-order chi connectivity index (χ0) is 20.0. The number of aliphatic carboxylic acids is 1. The van der Waals surface area contributed by atoms with Crippen LogP contribution < -0.4 is 0 Å². The Kier molecular flexibility index (Phi) is 12.0. The summed E-state index contributed by atoms with van der Waals surface area (Å²) in [5.74, 6) is -1.79. The molecule has 7 nitrogen and oxygen atoms in total. The molecule has 0 heterocycles. The van der Waals surface area contributed by atoms with E-state index in [0.29, 0.717) is 6.08 Å². The summed E-state index contributed by atoms with van der Waals surface area (Å²) in [6.45, 7) is 1.47. The van der Waals surface area contributed by atoms with E-state index in [4.69, 9.17) is 10.2 Å². The minimum Gasteiger partial charge on any atom is -0.512 e. The van der Waals surface area contributed by atoms with Crippen LogP contribution in [0.4, 0.5) is 0 Å². The highest BCUT2D eigenvalue weighted by atomic mass is 16.4. The van der Waals surface area contributed by atoms with Crippen LogP contribution in [0.2, 0.25) is 0 Å². The van der Waals surface area contributed by atoms with Gasteiger partial charge in [0.05, 0.1) is 30.5 Å². The number of allylic oxidation sites excluding steroid dienone is 4. The summed E-state index contributed by atoms with van der Waals surface area (Å²) in [7, 11) is 0. The number of carboxylic acids is 1. The van der Waals surface area contributed by atoms with Crippen LogP contribution in [0, 0.1) is 0 Å². The van der Waals surface area contributed by atoms with Crippen molar-refractivity contribution < 1.29 is 35.4 Å². The van der Waals surface area contributed by atoms with Crippen molar-refractivity contribution in [2.45, 2.75) is 44.0 Å². The maximum atomic E-state index is 10.4. The molecule has 0 amide bonds. The smallest absolute Gasteiger partial charge is 0.331 e. The quantitative estimate of drug-likeness (QED) is 0.132. The molecule has 0 fully saturated rings. The van der Waals surface area contributed by atoms with E-state index in [1.54, 1.807) is 36.5 Å². The average Bonchev–Trinajstić information content (AvgIpc) is 2.54.